The van der Waals surface area contributed by atoms with Crippen LogP contribution in [0.4, 0.5) is 5.69 Å². The van der Waals surface area contributed by atoms with Gasteiger partial charge in [0.2, 0.25) is 0 Å². The SMILES string of the molecule is COc1cccc([C@H]2O[C@H](CC(=O)O)C(=O)N(CC(C)(C)CO)c3ccc(CI)cc32)c1OC. The van der Waals surface area contributed by atoms with Crippen LogP contribution in [-0.4, -0.2) is 55.6 Å². The fraction of sp³-hybridized carbons (Fsp3) is 0.440. The summed E-state index contributed by atoms with van der Waals surface area (Å²) in [6.07, 6.45) is -2.51. The fourth-order valence-electron chi connectivity index (χ4n) is 4.03. The first-order valence-electron chi connectivity index (χ1n) is 10.8. The van der Waals surface area contributed by atoms with E-state index in [1.165, 1.54) is 14.2 Å². The van der Waals surface area contributed by atoms with Gasteiger partial charge in [-0.3, -0.25) is 9.59 Å². The van der Waals surface area contributed by atoms with Gasteiger partial charge in [0.15, 0.2) is 11.5 Å². The molecule has 0 aliphatic carbocycles. The molecule has 0 unspecified atom stereocenters. The van der Waals surface area contributed by atoms with E-state index in [1.54, 1.807) is 17.0 Å². The molecule has 1 aliphatic rings. The number of benzene rings is 2. The third-order valence-corrected chi connectivity index (χ3v) is 6.63. The number of carboxylic acids is 1. The lowest BCUT2D eigenvalue weighted by Crippen LogP contribution is -2.45. The zero-order chi connectivity index (χ0) is 25.0. The number of alkyl halides is 1. The van der Waals surface area contributed by atoms with Gasteiger partial charge in [0.25, 0.3) is 5.91 Å². The average molecular weight is 583 g/mol. The van der Waals surface area contributed by atoms with Crippen molar-refractivity contribution in [2.45, 2.75) is 36.9 Å². The predicted octanol–water partition coefficient (Wildman–Crippen LogP) is 3.95. The monoisotopic (exact) mass is 583 g/mol. The van der Waals surface area contributed by atoms with Crippen LogP contribution in [0.5, 0.6) is 11.5 Å². The van der Waals surface area contributed by atoms with Crippen LogP contribution in [0.15, 0.2) is 36.4 Å². The maximum atomic E-state index is 13.6. The number of carbonyl (C=O) groups excluding carboxylic acids is 1. The molecule has 1 amide bonds. The minimum absolute atomic E-state index is 0.143. The second kappa shape index (κ2) is 10.9. The number of carboxylic acid groups (broad SMARTS) is 1. The Balaban J connectivity index is 2.28. The molecular formula is C25H30INO7. The van der Waals surface area contributed by atoms with Crippen LogP contribution in [0.25, 0.3) is 0 Å². The highest BCUT2D eigenvalue weighted by Crippen LogP contribution is 2.45. The van der Waals surface area contributed by atoms with Crippen molar-refractivity contribution in [3.63, 3.8) is 0 Å². The molecule has 0 saturated heterocycles. The van der Waals surface area contributed by atoms with Crippen molar-refractivity contribution >= 4 is 40.2 Å². The lowest BCUT2D eigenvalue weighted by molar-refractivity contribution is -0.147. The summed E-state index contributed by atoms with van der Waals surface area (Å²) < 4.78 is 18.1. The Morgan fingerprint density at radius 2 is 1.91 bits per heavy atom. The van der Waals surface area contributed by atoms with Crippen LogP contribution in [-0.2, 0) is 18.8 Å². The van der Waals surface area contributed by atoms with Gasteiger partial charge in [0, 0.05) is 39.8 Å². The topological polar surface area (TPSA) is 106 Å². The van der Waals surface area contributed by atoms with E-state index in [2.05, 4.69) is 22.6 Å². The van der Waals surface area contributed by atoms with E-state index in [9.17, 15) is 19.8 Å². The van der Waals surface area contributed by atoms with Gasteiger partial charge in [-0.15, -0.1) is 0 Å². The first-order valence-corrected chi connectivity index (χ1v) is 12.4. The minimum Gasteiger partial charge on any atom is -0.493 e. The van der Waals surface area contributed by atoms with Crippen LogP contribution in [0.2, 0.25) is 0 Å². The zero-order valence-electron chi connectivity index (χ0n) is 19.7. The number of hydrogen-bond donors (Lipinski definition) is 2. The summed E-state index contributed by atoms with van der Waals surface area (Å²) in [5, 5.41) is 19.4. The smallest absolute Gasteiger partial charge is 0.306 e. The number of ether oxygens (including phenoxy) is 3. The van der Waals surface area contributed by atoms with Gasteiger partial charge in [0.05, 0.1) is 20.6 Å². The number of methoxy groups -OCH3 is 2. The summed E-state index contributed by atoms with van der Waals surface area (Å²) in [5.74, 6) is -0.656. The predicted molar refractivity (Wildman–Crippen MR) is 136 cm³/mol. The van der Waals surface area contributed by atoms with E-state index in [4.69, 9.17) is 14.2 Å². The number of nitrogens with zero attached hydrogens (tertiary/aromatic N) is 1. The molecule has 1 aliphatic heterocycles. The molecular weight excluding hydrogens is 553 g/mol. The number of amides is 1. The number of anilines is 1. The highest BCUT2D eigenvalue weighted by molar-refractivity contribution is 14.1. The number of rotatable bonds is 9. The number of aliphatic hydroxyl groups excluding tert-OH is 1. The quantitative estimate of drug-likeness (QED) is 0.340. The molecule has 0 radical (unpaired) electrons. The van der Waals surface area contributed by atoms with Gasteiger partial charge < -0.3 is 29.3 Å². The number of para-hydroxylation sites is 1. The van der Waals surface area contributed by atoms with Crippen molar-refractivity contribution in [3.8, 4) is 11.5 Å². The van der Waals surface area contributed by atoms with E-state index >= 15 is 0 Å². The van der Waals surface area contributed by atoms with Crippen LogP contribution >= 0.6 is 22.6 Å². The van der Waals surface area contributed by atoms with Gasteiger partial charge in [-0.25, -0.2) is 0 Å². The Morgan fingerprint density at radius 1 is 1.18 bits per heavy atom. The number of carbonyl (C=O) groups is 2. The minimum atomic E-state index is -1.23. The van der Waals surface area contributed by atoms with E-state index in [-0.39, 0.29) is 13.2 Å². The molecule has 2 aromatic rings. The van der Waals surface area contributed by atoms with E-state index in [0.29, 0.717) is 22.7 Å². The average Bonchev–Trinajstić information content (AvgIpc) is 2.93. The van der Waals surface area contributed by atoms with Crippen molar-refractivity contribution in [1.29, 1.82) is 0 Å². The summed E-state index contributed by atoms with van der Waals surface area (Å²) in [6, 6.07) is 11.2. The molecule has 2 atom stereocenters. The third kappa shape index (κ3) is 5.47. The second-order valence-electron chi connectivity index (χ2n) is 8.96. The van der Waals surface area contributed by atoms with Crippen molar-refractivity contribution in [2.24, 2.45) is 5.41 Å². The maximum Gasteiger partial charge on any atom is 0.306 e. The Morgan fingerprint density at radius 3 is 2.50 bits per heavy atom. The third-order valence-electron chi connectivity index (χ3n) is 5.75. The summed E-state index contributed by atoms with van der Waals surface area (Å²) in [7, 11) is 3.06. The molecule has 2 aromatic carbocycles. The van der Waals surface area contributed by atoms with Gasteiger partial charge in [-0.05, 0) is 23.8 Å². The Labute approximate surface area is 213 Å². The molecule has 1 heterocycles. The Kier molecular flexibility index (Phi) is 8.43. The van der Waals surface area contributed by atoms with Crippen molar-refractivity contribution in [3.05, 3.63) is 53.1 Å². The normalized spacial score (nSPS) is 18.3. The molecule has 0 aromatic heterocycles. The van der Waals surface area contributed by atoms with Crippen molar-refractivity contribution in [1.82, 2.24) is 0 Å². The molecule has 9 heteroatoms. The second-order valence-corrected chi connectivity index (χ2v) is 9.72. The number of fused-ring (bicyclic) bond motifs is 1. The largest absolute Gasteiger partial charge is 0.493 e. The zero-order valence-corrected chi connectivity index (χ0v) is 21.9. The standard InChI is InChI=1S/C25H30INO7/c1-25(2,14-28)13-27-18-9-8-15(12-26)10-17(18)22(34-20(24(27)31)11-21(29)30)16-6-5-7-19(32-3)23(16)33-4/h5-10,20,22,28H,11-14H2,1-4H3,(H,29,30)/t20-,22-/m1/s1. The molecule has 0 saturated carbocycles. The Hall–Kier alpha value is -2.37. The van der Waals surface area contributed by atoms with Crippen molar-refractivity contribution in [2.75, 3.05) is 32.3 Å². The van der Waals surface area contributed by atoms with Gasteiger partial charge in [0.1, 0.15) is 12.2 Å². The van der Waals surface area contributed by atoms with E-state index in [1.807, 2.05) is 38.1 Å². The first-order chi connectivity index (χ1) is 16.1. The van der Waals surface area contributed by atoms with Crippen molar-refractivity contribution < 1.29 is 34.0 Å². The summed E-state index contributed by atoms with van der Waals surface area (Å²) in [6.45, 7) is 3.75. The lowest BCUT2D eigenvalue weighted by atomic mass is 9.92. The van der Waals surface area contributed by atoms with E-state index in [0.717, 1.165) is 15.6 Å². The maximum absolute atomic E-state index is 13.6. The van der Waals surface area contributed by atoms with Gasteiger partial charge in [-0.2, -0.15) is 0 Å². The number of hydrogen-bond acceptors (Lipinski definition) is 6. The molecule has 2 N–H and O–H groups in total. The molecule has 0 fully saturated rings. The van der Waals surface area contributed by atoms with E-state index < -0.39 is 35.9 Å². The number of aliphatic carboxylic acids is 1. The fourth-order valence-corrected chi connectivity index (χ4v) is 4.50. The Bertz CT molecular complexity index is 1060. The highest BCUT2D eigenvalue weighted by atomic mass is 127. The highest BCUT2D eigenvalue weighted by Gasteiger charge is 2.40. The summed E-state index contributed by atoms with van der Waals surface area (Å²) >= 11 is 2.27. The van der Waals surface area contributed by atoms with Gasteiger partial charge in [-0.1, -0.05) is 54.6 Å². The molecule has 8 nitrogen and oxygen atoms in total. The number of aliphatic hydroxyl groups is 1. The molecule has 3 rings (SSSR count). The van der Waals surface area contributed by atoms with Crippen LogP contribution in [0.1, 0.15) is 43.1 Å². The summed E-state index contributed by atoms with van der Waals surface area (Å²) in [4.78, 5) is 26.9. The van der Waals surface area contributed by atoms with Crippen LogP contribution < -0.4 is 14.4 Å². The first kappa shape index (κ1) is 26.2. The molecule has 184 valence electrons. The van der Waals surface area contributed by atoms with Crippen LogP contribution in [0.3, 0.4) is 0 Å². The summed E-state index contributed by atoms with van der Waals surface area (Å²) in [5.41, 5.74) is 2.37. The molecule has 0 bridgehead atoms. The van der Waals surface area contributed by atoms with Gasteiger partial charge >= 0.3 is 5.97 Å². The molecule has 34 heavy (non-hydrogen) atoms. The van der Waals surface area contributed by atoms with Crippen LogP contribution in [0, 0.1) is 5.41 Å². The number of halogens is 1. The molecule has 0 spiro atoms. The lowest BCUT2D eigenvalue weighted by Gasteiger charge is -2.32.